The Kier molecular flexibility index (Phi) is 4.35. The molecule has 0 aromatic heterocycles. The van der Waals surface area contributed by atoms with Crippen molar-refractivity contribution >= 4 is 5.91 Å². The Hall–Kier alpha value is -0.610. The van der Waals surface area contributed by atoms with Gasteiger partial charge in [0.15, 0.2) is 0 Å². The van der Waals surface area contributed by atoms with Gasteiger partial charge < -0.3 is 16.2 Å². The van der Waals surface area contributed by atoms with Gasteiger partial charge in [-0.1, -0.05) is 19.3 Å². The third kappa shape index (κ3) is 3.27. The first kappa shape index (κ1) is 11.5. The Labute approximate surface area is 84.9 Å². The molecule has 1 rings (SSSR count). The van der Waals surface area contributed by atoms with Gasteiger partial charge in [0.1, 0.15) is 0 Å². The first-order chi connectivity index (χ1) is 6.61. The van der Waals surface area contributed by atoms with Crippen molar-refractivity contribution in [3.8, 4) is 0 Å². The number of nitrogens with one attached hydrogen (secondary N) is 1. The Balaban J connectivity index is 2.44. The van der Waals surface area contributed by atoms with E-state index in [2.05, 4.69) is 5.32 Å². The summed E-state index contributed by atoms with van der Waals surface area (Å²) in [4.78, 5) is 11.3. The molecular weight excluding hydrogens is 180 g/mol. The normalized spacial score (nSPS) is 30.5. The summed E-state index contributed by atoms with van der Waals surface area (Å²) in [5, 5.41) is 12.5. The van der Waals surface area contributed by atoms with Gasteiger partial charge in [-0.05, 0) is 19.8 Å². The minimum absolute atomic E-state index is 0.101. The van der Waals surface area contributed by atoms with Crippen LogP contribution in [0.5, 0.6) is 0 Å². The van der Waals surface area contributed by atoms with Crippen LogP contribution in [0.25, 0.3) is 0 Å². The van der Waals surface area contributed by atoms with Crippen LogP contribution in [0.15, 0.2) is 0 Å². The van der Waals surface area contributed by atoms with E-state index in [9.17, 15) is 9.90 Å². The standard InChI is InChI=1S/C10H20N2O2/c1-7(11)10(14)12-8-5-3-2-4-6-9(8)13/h7-9,13H,2-6,11H2,1H3,(H,12,14). The van der Waals surface area contributed by atoms with Crippen LogP contribution in [-0.2, 0) is 4.79 Å². The molecule has 1 aliphatic carbocycles. The molecule has 4 N–H and O–H groups in total. The lowest BCUT2D eigenvalue weighted by atomic mass is 10.1. The summed E-state index contributed by atoms with van der Waals surface area (Å²) in [5.74, 6) is -0.170. The molecule has 3 unspecified atom stereocenters. The van der Waals surface area contributed by atoms with Crippen LogP contribution in [0.3, 0.4) is 0 Å². The lowest BCUT2D eigenvalue weighted by Gasteiger charge is -2.22. The molecule has 0 heterocycles. The fraction of sp³-hybridized carbons (Fsp3) is 0.900. The summed E-state index contributed by atoms with van der Waals surface area (Å²) in [6.45, 7) is 1.65. The third-order valence-corrected chi connectivity index (χ3v) is 2.72. The predicted octanol–water partition coefficient (Wildman–Crippen LogP) is 0.143. The molecule has 1 amide bonds. The highest BCUT2D eigenvalue weighted by Gasteiger charge is 2.23. The zero-order chi connectivity index (χ0) is 10.6. The maximum absolute atomic E-state index is 11.3. The Morgan fingerprint density at radius 2 is 2.07 bits per heavy atom. The average molecular weight is 200 g/mol. The van der Waals surface area contributed by atoms with Gasteiger partial charge >= 0.3 is 0 Å². The number of hydrogen-bond donors (Lipinski definition) is 3. The van der Waals surface area contributed by atoms with Crippen LogP contribution in [-0.4, -0.2) is 29.2 Å². The number of carbonyl (C=O) groups excluding carboxylic acids is 1. The minimum atomic E-state index is -0.495. The van der Waals surface area contributed by atoms with Crippen molar-refractivity contribution in [3.63, 3.8) is 0 Å². The van der Waals surface area contributed by atoms with E-state index in [4.69, 9.17) is 5.73 Å². The maximum atomic E-state index is 11.3. The largest absolute Gasteiger partial charge is 0.391 e. The average Bonchev–Trinajstić information content (AvgIpc) is 2.32. The second-order valence-electron chi connectivity index (χ2n) is 4.11. The van der Waals surface area contributed by atoms with E-state index in [0.29, 0.717) is 0 Å². The molecule has 4 heteroatoms. The topological polar surface area (TPSA) is 75.4 Å². The van der Waals surface area contributed by atoms with E-state index in [1.807, 2.05) is 0 Å². The zero-order valence-electron chi connectivity index (χ0n) is 8.70. The smallest absolute Gasteiger partial charge is 0.236 e. The number of hydrogen-bond acceptors (Lipinski definition) is 3. The summed E-state index contributed by atoms with van der Waals surface area (Å²) in [6, 6.07) is -0.596. The van der Waals surface area contributed by atoms with Crippen LogP contribution in [0.2, 0.25) is 0 Å². The molecule has 4 nitrogen and oxygen atoms in total. The SMILES string of the molecule is CC(N)C(=O)NC1CCCCCC1O. The first-order valence-electron chi connectivity index (χ1n) is 5.35. The highest BCUT2D eigenvalue weighted by atomic mass is 16.3. The minimum Gasteiger partial charge on any atom is -0.391 e. The van der Waals surface area contributed by atoms with Crippen molar-refractivity contribution < 1.29 is 9.90 Å². The molecule has 0 aromatic carbocycles. The van der Waals surface area contributed by atoms with Crippen molar-refractivity contribution in [1.29, 1.82) is 0 Å². The molecular formula is C10H20N2O2. The van der Waals surface area contributed by atoms with E-state index in [1.165, 1.54) is 0 Å². The lowest BCUT2D eigenvalue weighted by molar-refractivity contribution is -0.123. The van der Waals surface area contributed by atoms with E-state index < -0.39 is 12.1 Å². The fourth-order valence-corrected chi connectivity index (χ4v) is 1.77. The number of aliphatic hydroxyl groups is 1. The molecule has 1 fully saturated rings. The molecule has 82 valence electrons. The second-order valence-corrected chi connectivity index (χ2v) is 4.11. The Morgan fingerprint density at radius 3 is 2.71 bits per heavy atom. The Bertz CT molecular complexity index is 195. The van der Waals surface area contributed by atoms with Crippen LogP contribution in [0.4, 0.5) is 0 Å². The van der Waals surface area contributed by atoms with Crippen molar-refractivity contribution in [2.24, 2.45) is 5.73 Å². The number of rotatable bonds is 2. The number of carbonyl (C=O) groups is 1. The third-order valence-electron chi connectivity index (χ3n) is 2.72. The molecule has 0 aliphatic heterocycles. The van der Waals surface area contributed by atoms with Crippen LogP contribution in [0, 0.1) is 0 Å². The van der Waals surface area contributed by atoms with Gasteiger partial charge in [-0.3, -0.25) is 4.79 Å². The molecule has 3 atom stereocenters. The van der Waals surface area contributed by atoms with Gasteiger partial charge in [-0.25, -0.2) is 0 Å². The van der Waals surface area contributed by atoms with Crippen molar-refractivity contribution in [2.75, 3.05) is 0 Å². The summed E-state index contributed by atoms with van der Waals surface area (Å²) in [5.41, 5.74) is 5.44. The lowest BCUT2D eigenvalue weighted by Crippen LogP contribution is -2.48. The van der Waals surface area contributed by atoms with Crippen molar-refractivity contribution in [2.45, 2.75) is 57.2 Å². The molecule has 0 saturated heterocycles. The van der Waals surface area contributed by atoms with Gasteiger partial charge in [0.2, 0.25) is 5.91 Å². The van der Waals surface area contributed by atoms with E-state index in [1.54, 1.807) is 6.92 Å². The van der Waals surface area contributed by atoms with Gasteiger partial charge in [0.25, 0.3) is 0 Å². The molecule has 14 heavy (non-hydrogen) atoms. The monoisotopic (exact) mass is 200 g/mol. The Morgan fingerprint density at radius 1 is 1.43 bits per heavy atom. The van der Waals surface area contributed by atoms with Crippen LogP contribution in [0.1, 0.15) is 39.0 Å². The van der Waals surface area contributed by atoms with E-state index >= 15 is 0 Å². The van der Waals surface area contributed by atoms with Crippen molar-refractivity contribution in [1.82, 2.24) is 5.32 Å². The van der Waals surface area contributed by atoms with Crippen LogP contribution < -0.4 is 11.1 Å². The zero-order valence-corrected chi connectivity index (χ0v) is 8.70. The quantitative estimate of drug-likeness (QED) is 0.555. The highest BCUT2D eigenvalue weighted by Crippen LogP contribution is 2.17. The predicted molar refractivity (Wildman–Crippen MR) is 54.7 cm³/mol. The van der Waals surface area contributed by atoms with Crippen molar-refractivity contribution in [3.05, 3.63) is 0 Å². The van der Waals surface area contributed by atoms with Gasteiger partial charge in [-0.15, -0.1) is 0 Å². The summed E-state index contributed by atoms with van der Waals surface area (Å²) < 4.78 is 0. The molecule has 1 aliphatic rings. The first-order valence-corrected chi connectivity index (χ1v) is 5.35. The number of aliphatic hydroxyl groups excluding tert-OH is 1. The number of nitrogens with two attached hydrogens (primary N) is 1. The van der Waals surface area contributed by atoms with Gasteiger partial charge in [0, 0.05) is 0 Å². The van der Waals surface area contributed by atoms with Crippen LogP contribution >= 0.6 is 0 Å². The van der Waals surface area contributed by atoms with E-state index in [0.717, 1.165) is 32.1 Å². The summed E-state index contributed by atoms with van der Waals surface area (Å²) in [7, 11) is 0. The molecule has 0 spiro atoms. The maximum Gasteiger partial charge on any atom is 0.236 e. The van der Waals surface area contributed by atoms with Gasteiger partial charge in [0.05, 0.1) is 18.2 Å². The summed E-state index contributed by atoms with van der Waals surface area (Å²) in [6.07, 6.45) is 4.50. The molecule has 0 radical (unpaired) electrons. The molecule has 0 bridgehead atoms. The highest BCUT2D eigenvalue weighted by molar-refractivity contribution is 5.81. The van der Waals surface area contributed by atoms with E-state index in [-0.39, 0.29) is 11.9 Å². The van der Waals surface area contributed by atoms with Gasteiger partial charge in [-0.2, -0.15) is 0 Å². The fourth-order valence-electron chi connectivity index (χ4n) is 1.77. The second kappa shape index (κ2) is 5.32. The molecule has 0 aromatic rings. The summed E-state index contributed by atoms with van der Waals surface area (Å²) >= 11 is 0. The number of amides is 1. The molecule has 1 saturated carbocycles.